The van der Waals surface area contributed by atoms with Gasteiger partial charge in [-0.25, -0.2) is 14.6 Å². The lowest BCUT2D eigenvalue weighted by atomic mass is 10.1. The molecule has 2 N–H and O–H groups in total. The third kappa shape index (κ3) is 3.23. The van der Waals surface area contributed by atoms with Crippen molar-refractivity contribution in [3.8, 4) is 11.4 Å². The largest absolute Gasteiger partial charge is 0.383 e. The third-order valence-electron chi connectivity index (χ3n) is 4.32. The molecule has 0 unspecified atom stereocenters. The van der Waals surface area contributed by atoms with E-state index in [1.807, 2.05) is 28.9 Å². The van der Waals surface area contributed by atoms with E-state index >= 15 is 0 Å². The van der Waals surface area contributed by atoms with Crippen LogP contribution in [0.25, 0.3) is 22.4 Å². The summed E-state index contributed by atoms with van der Waals surface area (Å²) in [7, 11) is 0. The van der Waals surface area contributed by atoms with Crippen LogP contribution in [0.3, 0.4) is 0 Å². The first-order valence-electron chi connectivity index (χ1n) is 8.78. The van der Waals surface area contributed by atoms with E-state index in [-0.39, 0.29) is 5.54 Å². The summed E-state index contributed by atoms with van der Waals surface area (Å²) in [4.78, 5) is 17.5. The van der Waals surface area contributed by atoms with Crippen molar-refractivity contribution in [1.29, 1.82) is 0 Å². The molecule has 0 atom stereocenters. The Bertz CT molecular complexity index is 1080. The standard InChI is InChI=1S/C20H21N7/c1-20(2,3)27-19-16(15(26-27)12-13-4-8-22-9-5-13)17(21)24-18(25-19)14-6-10-23-11-7-14/h4-11H,12H2,1-3H3,(H2,21,24,25). The molecule has 27 heavy (non-hydrogen) atoms. The van der Waals surface area contributed by atoms with Crippen LogP contribution in [-0.4, -0.2) is 29.7 Å². The Hall–Kier alpha value is -3.35. The number of nitrogens with two attached hydrogens (primary N) is 1. The molecular formula is C20H21N7. The van der Waals surface area contributed by atoms with Gasteiger partial charge in [0.1, 0.15) is 5.82 Å². The van der Waals surface area contributed by atoms with Gasteiger partial charge >= 0.3 is 0 Å². The Labute approximate surface area is 157 Å². The zero-order chi connectivity index (χ0) is 19.0. The van der Waals surface area contributed by atoms with E-state index in [1.54, 1.807) is 24.8 Å². The molecule has 7 heteroatoms. The minimum Gasteiger partial charge on any atom is -0.383 e. The molecule has 4 rings (SSSR count). The molecule has 0 aliphatic rings. The summed E-state index contributed by atoms with van der Waals surface area (Å²) >= 11 is 0. The lowest BCUT2D eigenvalue weighted by Crippen LogP contribution is -2.23. The van der Waals surface area contributed by atoms with Crippen LogP contribution in [0, 0.1) is 0 Å². The van der Waals surface area contributed by atoms with Gasteiger partial charge in [0, 0.05) is 36.8 Å². The molecule has 0 spiro atoms. The normalized spacial score (nSPS) is 11.8. The van der Waals surface area contributed by atoms with Gasteiger partial charge in [0.05, 0.1) is 16.6 Å². The number of aromatic nitrogens is 6. The maximum absolute atomic E-state index is 6.37. The lowest BCUT2D eigenvalue weighted by molar-refractivity contribution is 0.363. The molecule has 0 saturated heterocycles. The molecule has 0 bridgehead atoms. The summed E-state index contributed by atoms with van der Waals surface area (Å²) < 4.78 is 1.93. The quantitative estimate of drug-likeness (QED) is 0.603. The number of hydrogen-bond acceptors (Lipinski definition) is 6. The van der Waals surface area contributed by atoms with Crippen molar-refractivity contribution in [2.45, 2.75) is 32.7 Å². The van der Waals surface area contributed by atoms with Crippen LogP contribution in [0.1, 0.15) is 32.0 Å². The average molecular weight is 359 g/mol. The SMILES string of the molecule is CC(C)(C)n1nc(Cc2ccncc2)c2c(N)nc(-c3ccncc3)nc21. The third-order valence-corrected chi connectivity index (χ3v) is 4.32. The minimum atomic E-state index is -0.245. The van der Waals surface area contributed by atoms with Crippen LogP contribution in [0.15, 0.2) is 49.1 Å². The molecule has 0 radical (unpaired) electrons. The van der Waals surface area contributed by atoms with E-state index < -0.39 is 0 Å². The second-order valence-corrected chi connectivity index (χ2v) is 7.43. The van der Waals surface area contributed by atoms with Crippen molar-refractivity contribution in [2.75, 3.05) is 5.73 Å². The molecular weight excluding hydrogens is 338 g/mol. The van der Waals surface area contributed by atoms with E-state index in [1.165, 1.54) is 0 Å². The average Bonchev–Trinajstić information content (AvgIpc) is 3.02. The molecule has 0 fully saturated rings. The van der Waals surface area contributed by atoms with E-state index in [4.69, 9.17) is 15.8 Å². The van der Waals surface area contributed by atoms with Crippen molar-refractivity contribution >= 4 is 16.9 Å². The molecule has 0 saturated carbocycles. The zero-order valence-electron chi connectivity index (χ0n) is 15.6. The molecule has 0 aromatic carbocycles. The summed E-state index contributed by atoms with van der Waals surface area (Å²) in [5, 5.41) is 5.66. The highest BCUT2D eigenvalue weighted by atomic mass is 15.3. The van der Waals surface area contributed by atoms with E-state index in [2.05, 4.69) is 35.7 Å². The minimum absolute atomic E-state index is 0.245. The number of fused-ring (bicyclic) bond motifs is 1. The summed E-state index contributed by atoms with van der Waals surface area (Å²) in [5.41, 5.74) is 9.72. The molecule has 4 aromatic heterocycles. The maximum Gasteiger partial charge on any atom is 0.164 e. The fourth-order valence-corrected chi connectivity index (χ4v) is 3.03. The van der Waals surface area contributed by atoms with Gasteiger partial charge < -0.3 is 5.73 Å². The van der Waals surface area contributed by atoms with Crippen LogP contribution in [0.2, 0.25) is 0 Å². The summed E-state index contributed by atoms with van der Waals surface area (Å²) in [6.07, 6.45) is 7.63. The first kappa shape index (κ1) is 17.1. The van der Waals surface area contributed by atoms with Gasteiger partial charge in [0.2, 0.25) is 0 Å². The van der Waals surface area contributed by atoms with Crippen molar-refractivity contribution in [2.24, 2.45) is 0 Å². The second kappa shape index (κ2) is 6.42. The number of hydrogen-bond donors (Lipinski definition) is 1. The molecule has 136 valence electrons. The fraction of sp³-hybridized carbons (Fsp3) is 0.250. The smallest absolute Gasteiger partial charge is 0.164 e. The van der Waals surface area contributed by atoms with Crippen LogP contribution in [0.5, 0.6) is 0 Å². The zero-order valence-corrected chi connectivity index (χ0v) is 15.6. The van der Waals surface area contributed by atoms with Gasteiger partial charge in [-0.05, 0) is 50.6 Å². The number of rotatable bonds is 3. The van der Waals surface area contributed by atoms with E-state index in [0.717, 1.165) is 27.9 Å². The van der Waals surface area contributed by atoms with Gasteiger partial charge in [-0.2, -0.15) is 5.10 Å². The van der Waals surface area contributed by atoms with Gasteiger partial charge in [-0.3, -0.25) is 9.97 Å². The van der Waals surface area contributed by atoms with Crippen LogP contribution < -0.4 is 5.73 Å². The van der Waals surface area contributed by atoms with Crippen LogP contribution in [-0.2, 0) is 12.0 Å². The Kier molecular flexibility index (Phi) is 4.07. The second-order valence-electron chi connectivity index (χ2n) is 7.43. The number of pyridine rings is 2. The first-order chi connectivity index (χ1) is 12.9. The Morgan fingerprint density at radius 1 is 0.926 bits per heavy atom. The van der Waals surface area contributed by atoms with Gasteiger partial charge in [-0.15, -0.1) is 0 Å². The number of nitrogen functional groups attached to an aromatic ring is 1. The number of nitrogens with zero attached hydrogens (tertiary/aromatic N) is 6. The first-order valence-corrected chi connectivity index (χ1v) is 8.78. The van der Waals surface area contributed by atoms with Gasteiger partial charge in [0.15, 0.2) is 11.5 Å². The van der Waals surface area contributed by atoms with Crippen LogP contribution in [0.4, 0.5) is 5.82 Å². The topological polar surface area (TPSA) is 95.4 Å². The Morgan fingerprint density at radius 3 is 2.19 bits per heavy atom. The van der Waals surface area contributed by atoms with Crippen molar-refractivity contribution < 1.29 is 0 Å². The summed E-state index contributed by atoms with van der Waals surface area (Å²) in [6.45, 7) is 6.29. The molecule has 0 aliphatic carbocycles. The number of anilines is 1. The highest BCUT2D eigenvalue weighted by Gasteiger charge is 2.24. The molecule has 0 aliphatic heterocycles. The fourth-order valence-electron chi connectivity index (χ4n) is 3.03. The van der Waals surface area contributed by atoms with E-state index in [0.29, 0.717) is 18.1 Å². The Balaban J connectivity index is 1.93. The lowest BCUT2D eigenvalue weighted by Gasteiger charge is -2.20. The Morgan fingerprint density at radius 2 is 1.56 bits per heavy atom. The predicted molar refractivity (Wildman–Crippen MR) is 105 cm³/mol. The molecule has 4 heterocycles. The van der Waals surface area contributed by atoms with Gasteiger partial charge in [0.25, 0.3) is 0 Å². The van der Waals surface area contributed by atoms with Crippen molar-refractivity contribution in [3.63, 3.8) is 0 Å². The van der Waals surface area contributed by atoms with Gasteiger partial charge in [-0.1, -0.05) is 0 Å². The van der Waals surface area contributed by atoms with Crippen molar-refractivity contribution in [1.82, 2.24) is 29.7 Å². The molecule has 7 nitrogen and oxygen atoms in total. The molecule has 0 amide bonds. The summed E-state index contributed by atoms with van der Waals surface area (Å²) in [6, 6.07) is 7.70. The highest BCUT2D eigenvalue weighted by molar-refractivity contribution is 5.90. The monoisotopic (exact) mass is 359 g/mol. The maximum atomic E-state index is 6.37. The van der Waals surface area contributed by atoms with Crippen molar-refractivity contribution in [3.05, 3.63) is 60.3 Å². The summed E-state index contributed by atoms with van der Waals surface area (Å²) in [5.74, 6) is 1.01. The van der Waals surface area contributed by atoms with E-state index in [9.17, 15) is 0 Å². The highest BCUT2D eigenvalue weighted by Crippen LogP contribution is 2.30. The molecule has 4 aromatic rings. The van der Waals surface area contributed by atoms with Crippen LogP contribution >= 0.6 is 0 Å². The predicted octanol–water partition coefficient (Wildman–Crippen LogP) is 3.21.